The van der Waals surface area contributed by atoms with Crippen LogP contribution in [0.2, 0.25) is 0 Å². The second-order valence-corrected chi connectivity index (χ2v) is 6.86. The van der Waals surface area contributed by atoms with Crippen molar-refractivity contribution in [3.63, 3.8) is 0 Å². The fraction of sp³-hybridized carbons (Fsp3) is 0.217. The number of nitrogens with one attached hydrogen (secondary N) is 2. The van der Waals surface area contributed by atoms with E-state index < -0.39 is 0 Å². The molecule has 1 fully saturated rings. The molecule has 0 amide bonds. The molecule has 1 aliphatic rings. The van der Waals surface area contributed by atoms with E-state index in [0.717, 1.165) is 59.7 Å². The summed E-state index contributed by atoms with van der Waals surface area (Å²) in [5.74, 6) is 0.425. The summed E-state index contributed by atoms with van der Waals surface area (Å²) >= 11 is 0. The third-order valence-electron chi connectivity index (χ3n) is 5.05. The van der Waals surface area contributed by atoms with Crippen molar-refractivity contribution in [2.75, 3.05) is 13.1 Å². The van der Waals surface area contributed by atoms with E-state index in [4.69, 9.17) is 0 Å². The molecule has 2 N–H and O–H groups in total. The molecule has 0 atom stereocenters. The number of hydrogen-bond acceptors (Lipinski definition) is 3. The van der Waals surface area contributed by atoms with E-state index in [1.54, 1.807) is 0 Å². The highest BCUT2D eigenvalue weighted by Gasteiger charge is 2.21. The molecule has 0 bridgehead atoms. The number of H-pyrrole nitrogens is 1. The van der Waals surface area contributed by atoms with Crippen molar-refractivity contribution < 1.29 is 0 Å². The molecule has 27 heavy (non-hydrogen) atoms. The number of aromatic amines is 1. The monoisotopic (exact) mass is 354 g/mol. The van der Waals surface area contributed by atoms with E-state index in [2.05, 4.69) is 45.6 Å². The highest BCUT2D eigenvalue weighted by Crippen LogP contribution is 2.31. The molecule has 3 heterocycles. The van der Waals surface area contributed by atoms with Gasteiger partial charge in [-0.1, -0.05) is 36.4 Å². The fourth-order valence-electron chi connectivity index (χ4n) is 3.60. The minimum Gasteiger partial charge on any atom is -0.357 e. The quantitative estimate of drug-likeness (QED) is 0.720. The zero-order valence-electron chi connectivity index (χ0n) is 15.2. The maximum absolute atomic E-state index is 9.57. The Morgan fingerprint density at radius 3 is 2.63 bits per heavy atom. The maximum atomic E-state index is 9.57. The molecule has 2 aromatic heterocycles. The van der Waals surface area contributed by atoms with Crippen LogP contribution in [0, 0.1) is 11.3 Å². The van der Waals surface area contributed by atoms with Crippen LogP contribution in [0.1, 0.15) is 41.3 Å². The lowest BCUT2D eigenvalue weighted by atomic mass is 9.93. The molecule has 1 saturated heterocycles. The molecule has 3 aromatic rings. The summed E-state index contributed by atoms with van der Waals surface area (Å²) in [4.78, 5) is 7.96. The van der Waals surface area contributed by atoms with Crippen molar-refractivity contribution in [2.45, 2.75) is 18.8 Å². The first-order valence-corrected chi connectivity index (χ1v) is 9.37. The van der Waals surface area contributed by atoms with Crippen LogP contribution in [0.3, 0.4) is 0 Å². The van der Waals surface area contributed by atoms with E-state index in [1.165, 1.54) is 0 Å². The molecule has 0 aliphatic carbocycles. The van der Waals surface area contributed by atoms with Crippen LogP contribution in [-0.4, -0.2) is 23.1 Å². The third-order valence-corrected chi connectivity index (χ3v) is 5.05. The topological polar surface area (TPSA) is 64.5 Å². The van der Waals surface area contributed by atoms with Crippen molar-refractivity contribution in [1.82, 2.24) is 15.3 Å². The first-order valence-electron chi connectivity index (χ1n) is 9.37. The van der Waals surface area contributed by atoms with Crippen molar-refractivity contribution >= 4 is 12.2 Å². The van der Waals surface area contributed by atoms with Gasteiger partial charge in [-0.3, -0.25) is 4.98 Å². The van der Waals surface area contributed by atoms with E-state index in [9.17, 15) is 5.26 Å². The highest BCUT2D eigenvalue weighted by molar-refractivity contribution is 5.71. The zero-order valence-corrected chi connectivity index (χ0v) is 15.2. The number of pyridine rings is 1. The van der Waals surface area contributed by atoms with Gasteiger partial charge in [-0.25, -0.2) is 0 Å². The lowest BCUT2D eigenvalue weighted by molar-refractivity contribution is 0.454. The molecule has 0 unspecified atom stereocenters. The number of nitrogens with zero attached hydrogens (tertiary/aromatic N) is 2. The van der Waals surface area contributed by atoms with Crippen LogP contribution in [0.5, 0.6) is 0 Å². The van der Waals surface area contributed by atoms with Gasteiger partial charge in [0.1, 0.15) is 6.07 Å². The second-order valence-electron chi connectivity index (χ2n) is 6.86. The first kappa shape index (κ1) is 17.3. The van der Waals surface area contributed by atoms with Gasteiger partial charge in [0.05, 0.1) is 11.3 Å². The SMILES string of the molecule is N#Cc1cc(-c2ccnc(C=Cc3ccccc3)c2)[nH]c1C1CCNCC1. The Bertz CT molecular complexity index is 973. The van der Waals surface area contributed by atoms with Gasteiger partial charge in [-0.2, -0.15) is 5.26 Å². The van der Waals surface area contributed by atoms with Gasteiger partial charge in [0.2, 0.25) is 0 Å². The fourth-order valence-corrected chi connectivity index (χ4v) is 3.60. The Labute approximate surface area is 159 Å². The summed E-state index contributed by atoms with van der Waals surface area (Å²) < 4.78 is 0. The van der Waals surface area contributed by atoms with Crippen LogP contribution in [-0.2, 0) is 0 Å². The average molecular weight is 354 g/mol. The van der Waals surface area contributed by atoms with Gasteiger partial charge in [-0.15, -0.1) is 0 Å². The van der Waals surface area contributed by atoms with Gasteiger partial charge < -0.3 is 10.3 Å². The van der Waals surface area contributed by atoms with E-state index in [-0.39, 0.29) is 0 Å². The third kappa shape index (κ3) is 3.99. The molecule has 1 aromatic carbocycles. The Morgan fingerprint density at radius 1 is 1.04 bits per heavy atom. The number of aromatic nitrogens is 2. The minimum atomic E-state index is 0.425. The number of rotatable bonds is 4. The summed E-state index contributed by atoms with van der Waals surface area (Å²) in [5, 5.41) is 12.9. The predicted octanol–water partition coefficient (Wildman–Crippen LogP) is 4.59. The van der Waals surface area contributed by atoms with Gasteiger partial charge in [0, 0.05) is 29.1 Å². The lowest BCUT2D eigenvalue weighted by Gasteiger charge is -2.22. The van der Waals surface area contributed by atoms with Crippen molar-refractivity contribution in [1.29, 1.82) is 5.26 Å². The van der Waals surface area contributed by atoms with Crippen molar-refractivity contribution in [3.8, 4) is 17.3 Å². The molecular formula is C23H22N4. The van der Waals surface area contributed by atoms with E-state index in [1.807, 2.05) is 42.6 Å². The van der Waals surface area contributed by atoms with Crippen molar-refractivity contribution in [3.05, 3.63) is 77.2 Å². The number of nitriles is 1. The smallest absolute Gasteiger partial charge is 0.101 e. The van der Waals surface area contributed by atoms with Crippen LogP contribution in [0.25, 0.3) is 23.4 Å². The van der Waals surface area contributed by atoms with Crippen LogP contribution in [0.4, 0.5) is 0 Å². The Balaban J connectivity index is 1.61. The molecule has 134 valence electrons. The summed E-state index contributed by atoms with van der Waals surface area (Å²) in [6.07, 6.45) is 8.02. The molecular weight excluding hydrogens is 332 g/mol. The average Bonchev–Trinajstić information content (AvgIpc) is 3.18. The number of hydrogen-bond donors (Lipinski definition) is 2. The normalized spacial score (nSPS) is 15.1. The molecule has 4 nitrogen and oxygen atoms in total. The van der Waals surface area contributed by atoms with Crippen molar-refractivity contribution in [2.24, 2.45) is 0 Å². The summed E-state index contributed by atoms with van der Waals surface area (Å²) in [5.41, 5.74) is 5.91. The number of benzene rings is 1. The Morgan fingerprint density at radius 2 is 1.85 bits per heavy atom. The van der Waals surface area contributed by atoms with Crippen LogP contribution < -0.4 is 5.32 Å². The molecule has 4 heteroatoms. The lowest BCUT2D eigenvalue weighted by Crippen LogP contribution is -2.27. The Kier molecular flexibility index (Phi) is 5.13. The maximum Gasteiger partial charge on any atom is 0.101 e. The standard InChI is InChI=1S/C23H22N4/c24-16-20-15-22(27-23(20)18-8-11-25-12-9-18)19-10-13-26-21(14-19)7-6-17-4-2-1-3-5-17/h1-7,10,13-15,18,25,27H,8-9,11-12H2. The molecule has 0 saturated carbocycles. The van der Waals surface area contributed by atoms with E-state index in [0.29, 0.717) is 5.92 Å². The van der Waals surface area contributed by atoms with Crippen LogP contribution >= 0.6 is 0 Å². The highest BCUT2D eigenvalue weighted by atomic mass is 14.9. The van der Waals surface area contributed by atoms with Crippen LogP contribution in [0.15, 0.2) is 54.7 Å². The summed E-state index contributed by atoms with van der Waals surface area (Å²) in [6, 6.07) is 18.6. The van der Waals surface area contributed by atoms with E-state index >= 15 is 0 Å². The Hall–Kier alpha value is -3.16. The largest absolute Gasteiger partial charge is 0.357 e. The van der Waals surface area contributed by atoms with Gasteiger partial charge in [0.15, 0.2) is 0 Å². The molecule has 4 rings (SSSR count). The van der Waals surface area contributed by atoms with Gasteiger partial charge >= 0.3 is 0 Å². The first-order chi connectivity index (χ1) is 13.3. The van der Waals surface area contributed by atoms with Gasteiger partial charge in [0.25, 0.3) is 0 Å². The molecule has 0 spiro atoms. The summed E-state index contributed by atoms with van der Waals surface area (Å²) in [6.45, 7) is 2.02. The predicted molar refractivity (Wildman–Crippen MR) is 109 cm³/mol. The summed E-state index contributed by atoms with van der Waals surface area (Å²) in [7, 11) is 0. The molecule has 0 radical (unpaired) electrons. The zero-order chi connectivity index (χ0) is 18.5. The van der Waals surface area contributed by atoms with Gasteiger partial charge in [-0.05, 0) is 55.8 Å². The molecule has 1 aliphatic heterocycles. The minimum absolute atomic E-state index is 0.425. The second kappa shape index (κ2) is 8.03. The number of piperidine rings is 1.